The molecule has 2 aromatic carbocycles. The predicted molar refractivity (Wildman–Crippen MR) is 151 cm³/mol. The molecule has 0 radical (unpaired) electrons. The second-order valence-corrected chi connectivity index (χ2v) is 9.70. The monoisotopic (exact) mass is 542 g/mol. The van der Waals surface area contributed by atoms with E-state index in [0.717, 1.165) is 29.7 Å². The molecule has 1 aliphatic rings. The Labute approximate surface area is 232 Å². The van der Waals surface area contributed by atoms with Crippen LogP contribution >= 0.6 is 0 Å². The summed E-state index contributed by atoms with van der Waals surface area (Å²) in [6, 6.07) is 7.68. The van der Waals surface area contributed by atoms with Gasteiger partial charge in [-0.3, -0.25) is 4.99 Å². The molecule has 0 aliphatic carbocycles. The highest BCUT2D eigenvalue weighted by Gasteiger charge is 2.31. The molecular formula is C30H42N2O7. The van der Waals surface area contributed by atoms with Gasteiger partial charge in [0.2, 0.25) is 0 Å². The van der Waals surface area contributed by atoms with E-state index in [1.165, 1.54) is 7.11 Å². The molecular weight excluding hydrogens is 500 g/mol. The molecule has 0 fully saturated rings. The number of carbonyl (C=O) groups is 1. The first-order valence-electron chi connectivity index (χ1n) is 13.3. The lowest BCUT2D eigenvalue weighted by atomic mass is 9.87. The van der Waals surface area contributed by atoms with Crippen molar-refractivity contribution in [3.05, 3.63) is 46.5 Å². The second-order valence-electron chi connectivity index (χ2n) is 9.70. The van der Waals surface area contributed by atoms with E-state index in [0.29, 0.717) is 47.5 Å². The number of methoxy groups -OCH3 is 5. The summed E-state index contributed by atoms with van der Waals surface area (Å²) in [5, 5.41) is 0. The minimum atomic E-state index is -0.452. The molecule has 2 atom stereocenters. The van der Waals surface area contributed by atoms with Crippen LogP contribution in [0, 0.1) is 5.92 Å². The Morgan fingerprint density at radius 2 is 1.72 bits per heavy atom. The minimum absolute atomic E-state index is 0.0265. The SMILES string of the molecule is CCOC(=O)c1c(C[C@H]2c3cc(OC)c(OC)cc3CCN2C=N[C@H](COC)C(C)C)ccc(OC)c1OC. The standard InChI is InChI=1S/C30H42N2O7/c1-9-39-30(33)28-21(10-11-25(35-5)29(28)38-8)14-24-22-16-27(37-7)26(36-6)15-20(22)12-13-32(24)18-31-23(17-34-4)19(2)3/h10-11,15-16,18-19,23-24H,9,12-14,17H2,1-8H3/t23-,24+/m1/s1. The molecule has 1 heterocycles. The molecule has 2 aromatic rings. The highest BCUT2D eigenvalue weighted by molar-refractivity contribution is 5.95. The van der Waals surface area contributed by atoms with Crippen LogP contribution in [0.15, 0.2) is 29.3 Å². The topological polar surface area (TPSA) is 88.1 Å². The number of carbonyl (C=O) groups excluding carboxylic acids is 1. The van der Waals surface area contributed by atoms with Crippen LogP contribution in [0.1, 0.15) is 53.9 Å². The molecule has 0 saturated heterocycles. The number of rotatable bonds is 13. The van der Waals surface area contributed by atoms with Gasteiger partial charge in [0.05, 0.1) is 60.1 Å². The zero-order valence-corrected chi connectivity index (χ0v) is 24.4. The molecule has 0 aromatic heterocycles. The van der Waals surface area contributed by atoms with Crippen molar-refractivity contribution in [1.82, 2.24) is 4.90 Å². The molecule has 39 heavy (non-hydrogen) atoms. The molecule has 1 aliphatic heterocycles. The van der Waals surface area contributed by atoms with Crippen molar-refractivity contribution in [2.75, 3.05) is 55.3 Å². The van der Waals surface area contributed by atoms with Gasteiger partial charge < -0.3 is 33.3 Å². The number of nitrogens with zero attached hydrogens (tertiary/aromatic N) is 2. The third-order valence-electron chi connectivity index (χ3n) is 7.08. The molecule has 0 N–H and O–H groups in total. The first-order chi connectivity index (χ1) is 18.8. The van der Waals surface area contributed by atoms with Crippen molar-refractivity contribution >= 4 is 12.3 Å². The Morgan fingerprint density at radius 3 is 2.31 bits per heavy atom. The molecule has 9 nitrogen and oxygen atoms in total. The van der Waals surface area contributed by atoms with Gasteiger partial charge in [0, 0.05) is 13.7 Å². The normalized spacial score (nSPS) is 15.7. The Bertz CT molecular complexity index is 1150. The zero-order valence-electron chi connectivity index (χ0n) is 24.4. The lowest BCUT2D eigenvalue weighted by Gasteiger charge is -2.37. The van der Waals surface area contributed by atoms with Gasteiger partial charge in [-0.15, -0.1) is 0 Å². The second kappa shape index (κ2) is 14.1. The van der Waals surface area contributed by atoms with Crippen LogP contribution in [-0.2, 0) is 22.3 Å². The highest BCUT2D eigenvalue weighted by atomic mass is 16.5. The average Bonchev–Trinajstić information content (AvgIpc) is 2.94. The number of ether oxygens (including phenoxy) is 6. The molecule has 0 bridgehead atoms. The van der Waals surface area contributed by atoms with E-state index in [2.05, 4.69) is 18.7 Å². The maximum Gasteiger partial charge on any atom is 0.342 e. The van der Waals surface area contributed by atoms with Crippen molar-refractivity contribution < 1.29 is 33.2 Å². The van der Waals surface area contributed by atoms with Crippen LogP contribution in [-0.4, -0.2) is 78.6 Å². The fourth-order valence-corrected chi connectivity index (χ4v) is 4.94. The zero-order chi connectivity index (χ0) is 28.5. The average molecular weight is 543 g/mol. The number of esters is 1. The number of benzene rings is 2. The number of aliphatic imine (C=N–C) groups is 1. The molecule has 0 saturated carbocycles. The molecule has 0 unspecified atom stereocenters. The lowest BCUT2D eigenvalue weighted by Crippen LogP contribution is -2.37. The fraction of sp³-hybridized carbons (Fsp3) is 0.533. The number of hydrogen-bond donors (Lipinski definition) is 0. The van der Waals surface area contributed by atoms with E-state index in [1.54, 1.807) is 35.4 Å². The molecule has 3 rings (SSSR count). The quantitative estimate of drug-likeness (QED) is 0.204. The third-order valence-corrected chi connectivity index (χ3v) is 7.08. The maximum absolute atomic E-state index is 13.2. The van der Waals surface area contributed by atoms with Gasteiger partial charge >= 0.3 is 5.97 Å². The smallest absolute Gasteiger partial charge is 0.342 e. The molecule has 9 heteroatoms. The Kier molecular flexibility index (Phi) is 10.9. The van der Waals surface area contributed by atoms with Gasteiger partial charge in [0.15, 0.2) is 23.0 Å². The summed E-state index contributed by atoms with van der Waals surface area (Å²) < 4.78 is 33.2. The Morgan fingerprint density at radius 1 is 1.03 bits per heavy atom. The minimum Gasteiger partial charge on any atom is -0.493 e. The van der Waals surface area contributed by atoms with Gasteiger partial charge in [0.1, 0.15) is 5.56 Å². The summed E-state index contributed by atoms with van der Waals surface area (Å²) in [4.78, 5) is 20.3. The van der Waals surface area contributed by atoms with Crippen molar-refractivity contribution in [3.8, 4) is 23.0 Å². The van der Waals surface area contributed by atoms with Gasteiger partial charge in [-0.25, -0.2) is 4.79 Å². The van der Waals surface area contributed by atoms with Gasteiger partial charge in [0.25, 0.3) is 0 Å². The van der Waals surface area contributed by atoms with Crippen molar-refractivity contribution in [1.29, 1.82) is 0 Å². The van der Waals surface area contributed by atoms with Crippen LogP contribution < -0.4 is 18.9 Å². The van der Waals surface area contributed by atoms with Crippen LogP contribution in [0.25, 0.3) is 0 Å². The summed E-state index contributed by atoms with van der Waals surface area (Å²) in [7, 11) is 8.04. The van der Waals surface area contributed by atoms with E-state index in [-0.39, 0.29) is 18.7 Å². The van der Waals surface area contributed by atoms with Crippen molar-refractivity contribution in [2.45, 2.75) is 45.7 Å². The Balaban J connectivity index is 2.15. The van der Waals surface area contributed by atoms with Crippen molar-refractivity contribution in [2.24, 2.45) is 10.9 Å². The summed E-state index contributed by atoms with van der Waals surface area (Å²) in [6.45, 7) is 7.58. The van der Waals surface area contributed by atoms with Crippen LogP contribution in [0.4, 0.5) is 0 Å². The predicted octanol–water partition coefficient (Wildman–Crippen LogP) is 4.74. The van der Waals surface area contributed by atoms with Crippen LogP contribution in [0.3, 0.4) is 0 Å². The van der Waals surface area contributed by atoms with Gasteiger partial charge in [-0.05, 0) is 60.6 Å². The van der Waals surface area contributed by atoms with E-state index in [9.17, 15) is 4.79 Å². The molecule has 0 spiro atoms. The number of hydrogen-bond acceptors (Lipinski definition) is 8. The summed E-state index contributed by atoms with van der Waals surface area (Å²) in [5.74, 6) is 2.04. The first-order valence-corrected chi connectivity index (χ1v) is 13.3. The van der Waals surface area contributed by atoms with E-state index in [4.69, 9.17) is 33.4 Å². The largest absolute Gasteiger partial charge is 0.493 e. The maximum atomic E-state index is 13.2. The summed E-state index contributed by atoms with van der Waals surface area (Å²) in [6.07, 6.45) is 3.24. The van der Waals surface area contributed by atoms with E-state index in [1.807, 2.05) is 30.6 Å². The molecule has 214 valence electrons. The lowest BCUT2D eigenvalue weighted by molar-refractivity contribution is 0.0520. The fourth-order valence-electron chi connectivity index (χ4n) is 4.94. The summed E-state index contributed by atoms with van der Waals surface area (Å²) >= 11 is 0. The van der Waals surface area contributed by atoms with Crippen LogP contribution in [0.5, 0.6) is 23.0 Å². The summed E-state index contributed by atoms with van der Waals surface area (Å²) in [5.41, 5.74) is 3.40. The van der Waals surface area contributed by atoms with Crippen molar-refractivity contribution in [3.63, 3.8) is 0 Å². The van der Waals surface area contributed by atoms with E-state index >= 15 is 0 Å². The van der Waals surface area contributed by atoms with Crippen LogP contribution in [0.2, 0.25) is 0 Å². The number of fused-ring (bicyclic) bond motifs is 1. The van der Waals surface area contributed by atoms with E-state index < -0.39 is 5.97 Å². The molecule has 0 amide bonds. The van der Waals surface area contributed by atoms with Gasteiger partial charge in [-0.1, -0.05) is 19.9 Å². The third kappa shape index (κ3) is 6.76. The highest BCUT2D eigenvalue weighted by Crippen LogP contribution is 2.41. The first kappa shape index (κ1) is 30.1. The van der Waals surface area contributed by atoms with Gasteiger partial charge in [-0.2, -0.15) is 0 Å². The Hall–Kier alpha value is -3.46.